The van der Waals surface area contributed by atoms with Crippen LogP contribution < -0.4 is 4.74 Å². The van der Waals surface area contributed by atoms with Crippen molar-refractivity contribution in [2.75, 3.05) is 0 Å². The molecule has 0 fully saturated rings. The topological polar surface area (TPSA) is 61.7 Å². The Labute approximate surface area is 128 Å². The first-order chi connectivity index (χ1) is 10.8. The second-order valence-corrected chi connectivity index (χ2v) is 5.64. The van der Waals surface area contributed by atoms with Crippen molar-refractivity contribution in [2.24, 2.45) is 0 Å². The van der Waals surface area contributed by atoms with Crippen molar-refractivity contribution in [1.82, 2.24) is 10.2 Å². The molecular weight excluding hydrogens is 274 g/mol. The van der Waals surface area contributed by atoms with Gasteiger partial charge in [0, 0.05) is 11.5 Å². The average molecular weight is 289 g/mol. The molecule has 1 atom stereocenters. The quantitative estimate of drug-likeness (QED) is 0.778. The number of rotatable bonds is 2. The molecular formula is C18H15N3O. The molecule has 1 N–H and O–H groups in total. The molecule has 1 heterocycles. The first-order valence-electron chi connectivity index (χ1n) is 7.46. The molecule has 1 aromatic heterocycles. The van der Waals surface area contributed by atoms with Crippen molar-refractivity contribution >= 4 is 10.9 Å². The van der Waals surface area contributed by atoms with Crippen molar-refractivity contribution in [3.05, 3.63) is 59.3 Å². The Balaban J connectivity index is 1.65. The van der Waals surface area contributed by atoms with Crippen LogP contribution in [0.4, 0.5) is 0 Å². The number of nitriles is 1. The molecule has 1 aliphatic carbocycles. The Morgan fingerprint density at radius 3 is 3.09 bits per heavy atom. The Hall–Kier alpha value is -2.80. The largest absolute Gasteiger partial charge is 0.486 e. The van der Waals surface area contributed by atoms with Gasteiger partial charge < -0.3 is 4.74 Å². The van der Waals surface area contributed by atoms with Gasteiger partial charge in [0.25, 0.3) is 0 Å². The van der Waals surface area contributed by atoms with E-state index in [4.69, 9.17) is 10.00 Å². The van der Waals surface area contributed by atoms with Gasteiger partial charge in [-0.2, -0.15) is 10.4 Å². The SMILES string of the molecule is N#Cc1ccc2c(c1)CCC[C@@H]2Oc1ccc2cn[nH]c2c1. The van der Waals surface area contributed by atoms with Crippen molar-refractivity contribution in [3.63, 3.8) is 0 Å². The van der Waals surface area contributed by atoms with Crippen LogP contribution in [0.25, 0.3) is 10.9 Å². The lowest BCUT2D eigenvalue weighted by molar-refractivity contribution is 0.183. The molecule has 0 spiro atoms. The Kier molecular flexibility index (Phi) is 3.05. The summed E-state index contributed by atoms with van der Waals surface area (Å²) in [4.78, 5) is 0. The predicted octanol–water partition coefficient (Wildman–Crippen LogP) is 3.89. The third kappa shape index (κ3) is 2.21. The van der Waals surface area contributed by atoms with Crippen LogP contribution in [0.2, 0.25) is 0 Å². The summed E-state index contributed by atoms with van der Waals surface area (Å²) in [5, 5.41) is 17.1. The van der Waals surface area contributed by atoms with Gasteiger partial charge in [0.1, 0.15) is 11.9 Å². The van der Waals surface area contributed by atoms with E-state index in [1.165, 1.54) is 11.1 Å². The molecule has 2 aromatic carbocycles. The molecule has 4 nitrogen and oxygen atoms in total. The monoisotopic (exact) mass is 289 g/mol. The van der Waals surface area contributed by atoms with E-state index in [2.05, 4.69) is 16.3 Å². The molecule has 0 aliphatic heterocycles. The van der Waals surface area contributed by atoms with Crippen LogP contribution in [0.1, 0.15) is 35.6 Å². The van der Waals surface area contributed by atoms with E-state index in [1.54, 1.807) is 6.20 Å². The summed E-state index contributed by atoms with van der Waals surface area (Å²) in [6, 6.07) is 14.1. The van der Waals surface area contributed by atoms with E-state index in [0.29, 0.717) is 0 Å². The third-order valence-electron chi connectivity index (χ3n) is 4.22. The second kappa shape index (κ2) is 5.19. The second-order valence-electron chi connectivity index (χ2n) is 5.64. The van der Waals surface area contributed by atoms with Crippen LogP contribution >= 0.6 is 0 Å². The van der Waals surface area contributed by atoms with E-state index in [9.17, 15) is 0 Å². The highest BCUT2D eigenvalue weighted by Crippen LogP contribution is 2.34. The average Bonchev–Trinajstić information content (AvgIpc) is 3.02. The highest BCUT2D eigenvalue weighted by molar-refractivity contribution is 5.79. The molecule has 0 unspecified atom stereocenters. The zero-order valence-corrected chi connectivity index (χ0v) is 12.0. The predicted molar refractivity (Wildman–Crippen MR) is 83.6 cm³/mol. The molecule has 4 rings (SSSR count). The zero-order chi connectivity index (χ0) is 14.9. The van der Waals surface area contributed by atoms with Crippen LogP contribution in [0.15, 0.2) is 42.6 Å². The maximum atomic E-state index is 9.03. The standard InChI is InChI=1S/C18H15N3O/c19-10-12-4-7-16-13(8-12)2-1-3-18(16)22-15-6-5-14-11-20-21-17(14)9-15/h4-9,11,18H,1-3H2,(H,20,21)/t18-/m0/s1. The van der Waals surface area contributed by atoms with E-state index >= 15 is 0 Å². The molecule has 1 aliphatic rings. The summed E-state index contributed by atoms with van der Waals surface area (Å²) < 4.78 is 6.20. The van der Waals surface area contributed by atoms with Crippen LogP contribution in [0.5, 0.6) is 5.75 Å². The third-order valence-corrected chi connectivity index (χ3v) is 4.22. The van der Waals surface area contributed by atoms with Gasteiger partial charge in [-0.05, 0) is 54.7 Å². The molecule has 0 saturated carbocycles. The number of aromatic amines is 1. The normalized spacial score (nSPS) is 17.0. The molecule has 22 heavy (non-hydrogen) atoms. The summed E-state index contributed by atoms with van der Waals surface area (Å²) in [7, 11) is 0. The number of fused-ring (bicyclic) bond motifs is 2. The van der Waals surface area contributed by atoms with Crippen LogP contribution in [0.3, 0.4) is 0 Å². The molecule has 0 saturated heterocycles. The fourth-order valence-corrected chi connectivity index (χ4v) is 3.12. The Bertz CT molecular complexity index is 875. The number of aryl methyl sites for hydroxylation is 1. The van der Waals surface area contributed by atoms with Crippen molar-refractivity contribution in [1.29, 1.82) is 5.26 Å². The number of aromatic nitrogens is 2. The van der Waals surface area contributed by atoms with Crippen LogP contribution in [0, 0.1) is 11.3 Å². The maximum absolute atomic E-state index is 9.03. The minimum absolute atomic E-state index is 0.0527. The van der Waals surface area contributed by atoms with Crippen LogP contribution in [-0.4, -0.2) is 10.2 Å². The first kappa shape index (κ1) is 12.9. The van der Waals surface area contributed by atoms with Crippen molar-refractivity contribution in [3.8, 4) is 11.8 Å². The Morgan fingerprint density at radius 2 is 2.18 bits per heavy atom. The highest BCUT2D eigenvalue weighted by atomic mass is 16.5. The van der Waals surface area contributed by atoms with Gasteiger partial charge in [-0.3, -0.25) is 5.10 Å². The number of nitrogens with zero attached hydrogens (tertiary/aromatic N) is 2. The van der Waals surface area contributed by atoms with Gasteiger partial charge >= 0.3 is 0 Å². The summed E-state index contributed by atoms with van der Waals surface area (Å²) in [5.41, 5.74) is 4.14. The van der Waals surface area contributed by atoms with Crippen molar-refractivity contribution < 1.29 is 4.74 Å². The lowest BCUT2D eigenvalue weighted by Crippen LogP contribution is -2.15. The minimum Gasteiger partial charge on any atom is -0.486 e. The molecule has 108 valence electrons. The van der Waals surface area contributed by atoms with E-state index in [-0.39, 0.29) is 6.10 Å². The molecule has 4 heteroatoms. The lowest BCUT2D eigenvalue weighted by Gasteiger charge is -2.26. The first-order valence-corrected chi connectivity index (χ1v) is 7.46. The molecule has 3 aromatic rings. The summed E-state index contributed by atoms with van der Waals surface area (Å²) >= 11 is 0. The number of nitrogens with one attached hydrogen (secondary N) is 1. The van der Waals surface area contributed by atoms with E-state index in [0.717, 1.165) is 41.5 Å². The van der Waals surface area contributed by atoms with Gasteiger partial charge in [0.05, 0.1) is 23.3 Å². The van der Waals surface area contributed by atoms with Gasteiger partial charge in [0.15, 0.2) is 0 Å². The number of hydrogen-bond acceptors (Lipinski definition) is 3. The lowest BCUT2D eigenvalue weighted by atomic mass is 9.88. The van der Waals surface area contributed by atoms with Crippen molar-refractivity contribution in [2.45, 2.75) is 25.4 Å². The highest BCUT2D eigenvalue weighted by Gasteiger charge is 2.22. The number of H-pyrrole nitrogens is 1. The summed E-state index contributed by atoms with van der Waals surface area (Å²) in [6.07, 6.45) is 4.96. The number of benzene rings is 2. The smallest absolute Gasteiger partial charge is 0.124 e. The fraction of sp³-hybridized carbons (Fsp3) is 0.222. The number of hydrogen-bond donors (Lipinski definition) is 1. The van der Waals surface area contributed by atoms with E-state index in [1.807, 2.05) is 36.4 Å². The Morgan fingerprint density at radius 1 is 1.23 bits per heavy atom. The zero-order valence-electron chi connectivity index (χ0n) is 12.0. The fourth-order valence-electron chi connectivity index (χ4n) is 3.12. The van der Waals surface area contributed by atoms with Crippen LogP contribution in [-0.2, 0) is 6.42 Å². The van der Waals surface area contributed by atoms with Gasteiger partial charge in [-0.15, -0.1) is 0 Å². The van der Waals surface area contributed by atoms with Gasteiger partial charge in [-0.1, -0.05) is 6.07 Å². The molecule has 0 amide bonds. The molecule has 0 bridgehead atoms. The number of ether oxygens (including phenoxy) is 1. The molecule has 0 radical (unpaired) electrons. The minimum atomic E-state index is 0.0527. The summed E-state index contributed by atoms with van der Waals surface area (Å²) in [5.74, 6) is 0.846. The van der Waals surface area contributed by atoms with Gasteiger partial charge in [0.2, 0.25) is 0 Å². The maximum Gasteiger partial charge on any atom is 0.124 e. The van der Waals surface area contributed by atoms with E-state index < -0.39 is 0 Å². The summed E-state index contributed by atoms with van der Waals surface area (Å²) in [6.45, 7) is 0. The van der Waals surface area contributed by atoms with Gasteiger partial charge in [-0.25, -0.2) is 0 Å².